The van der Waals surface area contributed by atoms with Crippen molar-refractivity contribution >= 4 is 14.6 Å². The lowest BCUT2D eigenvalue weighted by Gasteiger charge is -2.41. The average molecular weight is 217 g/mol. The van der Waals surface area contributed by atoms with Gasteiger partial charge in [0.25, 0.3) is 0 Å². The van der Waals surface area contributed by atoms with Crippen LogP contribution in [0.15, 0.2) is 0 Å². The quantitative estimate of drug-likeness (QED) is 0.577. The molecule has 1 saturated carbocycles. The van der Waals surface area contributed by atoms with E-state index >= 15 is 0 Å². The third-order valence-corrected chi connectivity index (χ3v) is 2.94. The number of hydrogen-bond acceptors (Lipinski definition) is 3. The zero-order valence-electron chi connectivity index (χ0n) is 8.74. The summed E-state index contributed by atoms with van der Waals surface area (Å²) >= 11 is 0. The van der Waals surface area contributed by atoms with Crippen LogP contribution in [0.1, 0.15) is 33.6 Å². The number of ether oxygens (including phenoxy) is 1. The third-order valence-electron chi connectivity index (χ3n) is 2.44. The van der Waals surface area contributed by atoms with Crippen LogP contribution in [0, 0.1) is 5.41 Å². The Balaban J connectivity index is 2.25. The van der Waals surface area contributed by atoms with Gasteiger partial charge in [-0.2, -0.15) is 0 Å². The van der Waals surface area contributed by atoms with Crippen LogP contribution in [0.5, 0.6) is 0 Å². The standard InChI is InChI=1S/C9H16NO3P/c1-6(10-14-12)8(11)13-7-4-9(2,3)5-7/h6-7H,4-5H2,1-3H3,(H,10,12)/t6-/m0/s1. The minimum absolute atomic E-state index is 0.0464. The Hall–Kier alpha value is -0.470. The molecule has 0 aromatic heterocycles. The van der Waals surface area contributed by atoms with Crippen LogP contribution in [0.25, 0.3) is 0 Å². The monoisotopic (exact) mass is 217 g/mol. The Bertz CT molecular complexity index is 234. The van der Waals surface area contributed by atoms with Gasteiger partial charge in [0.1, 0.15) is 12.1 Å². The molecular weight excluding hydrogens is 201 g/mol. The van der Waals surface area contributed by atoms with Gasteiger partial charge in [0.05, 0.1) is 0 Å². The fourth-order valence-corrected chi connectivity index (χ4v) is 1.92. The van der Waals surface area contributed by atoms with Crippen molar-refractivity contribution in [2.75, 3.05) is 0 Å². The van der Waals surface area contributed by atoms with Gasteiger partial charge in [-0.25, -0.2) is 5.09 Å². The van der Waals surface area contributed by atoms with Crippen molar-refractivity contribution in [1.29, 1.82) is 0 Å². The molecule has 0 amide bonds. The lowest BCUT2D eigenvalue weighted by Crippen LogP contribution is -2.42. The maximum Gasteiger partial charge on any atom is 0.323 e. The van der Waals surface area contributed by atoms with Crippen molar-refractivity contribution in [3.05, 3.63) is 0 Å². The predicted molar refractivity (Wildman–Crippen MR) is 53.1 cm³/mol. The maximum absolute atomic E-state index is 11.3. The summed E-state index contributed by atoms with van der Waals surface area (Å²) < 4.78 is 15.4. The number of hydrogen-bond donors (Lipinski definition) is 1. The van der Waals surface area contributed by atoms with Crippen molar-refractivity contribution in [1.82, 2.24) is 5.09 Å². The summed E-state index contributed by atoms with van der Waals surface area (Å²) in [6, 6.07) is -0.502. The Morgan fingerprint density at radius 2 is 2.14 bits per heavy atom. The Kier molecular flexibility index (Phi) is 3.62. The molecule has 0 bridgehead atoms. The van der Waals surface area contributed by atoms with E-state index in [9.17, 15) is 9.36 Å². The molecule has 1 aliphatic carbocycles. The minimum Gasteiger partial charge on any atom is -0.461 e. The molecular formula is C9H16NO3P. The van der Waals surface area contributed by atoms with E-state index in [0.717, 1.165) is 12.8 Å². The number of carbonyl (C=O) groups is 1. The largest absolute Gasteiger partial charge is 0.461 e. The number of esters is 1. The lowest BCUT2D eigenvalue weighted by atomic mass is 9.70. The van der Waals surface area contributed by atoms with Gasteiger partial charge < -0.3 is 4.74 Å². The van der Waals surface area contributed by atoms with Gasteiger partial charge in [0, 0.05) is 0 Å². The van der Waals surface area contributed by atoms with Crippen LogP contribution in [0.4, 0.5) is 0 Å². The molecule has 0 aromatic carbocycles. The van der Waals surface area contributed by atoms with Gasteiger partial charge in [0.2, 0.25) is 8.61 Å². The Morgan fingerprint density at radius 3 is 2.57 bits per heavy atom. The minimum atomic E-state index is -0.502. The first-order chi connectivity index (χ1) is 6.44. The van der Waals surface area contributed by atoms with E-state index in [-0.39, 0.29) is 20.7 Å². The summed E-state index contributed by atoms with van der Waals surface area (Å²) in [4.78, 5) is 11.3. The highest BCUT2D eigenvalue weighted by Crippen LogP contribution is 2.41. The normalized spacial score (nSPS) is 22.8. The van der Waals surface area contributed by atoms with Crippen molar-refractivity contribution in [3.8, 4) is 0 Å². The maximum atomic E-state index is 11.3. The summed E-state index contributed by atoms with van der Waals surface area (Å²) in [5, 5.41) is 2.46. The van der Waals surface area contributed by atoms with E-state index in [1.807, 2.05) is 0 Å². The number of rotatable bonds is 4. The fourth-order valence-electron chi connectivity index (χ4n) is 1.65. The van der Waals surface area contributed by atoms with Gasteiger partial charge in [-0.3, -0.25) is 9.36 Å². The highest BCUT2D eigenvalue weighted by atomic mass is 31.1. The fraction of sp³-hybridized carbons (Fsp3) is 0.889. The highest BCUT2D eigenvalue weighted by Gasteiger charge is 2.39. The van der Waals surface area contributed by atoms with Crippen molar-refractivity contribution < 1.29 is 14.1 Å². The first kappa shape index (κ1) is 11.6. The van der Waals surface area contributed by atoms with E-state index in [4.69, 9.17) is 4.74 Å². The number of carbonyl (C=O) groups excluding carboxylic acids is 1. The first-order valence-electron chi connectivity index (χ1n) is 4.73. The molecule has 1 atom stereocenters. The molecule has 0 radical (unpaired) electrons. The van der Waals surface area contributed by atoms with Crippen LogP contribution in [0.2, 0.25) is 0 Å². The van der Waals surface area contributed by atoms with Crippen LogP contribution >= 0.6 is 8.61 Å². The first-order valence-corrected chi connectivity index (χ1v) is 5.54. The molecule has 1 fully saturated rings. The lowest BCUT2D eigenvalue weighted by molar-refractivity contribution is -0.160. The van der Waals surface area contributed by atoms with Gasteiger partial charge in [0.15, 0.2) is 0 Å². The molecule has 0 spiro atoms. The highest BCUT2D eigenvalue weighted by molar-refractivity contribution is 7.21. The summed E-state index contributed by atoms with van der Waals surface area (Å²) in [6.07, 6.45) is 1.88. The summed E-state index contributed by atoms with van der Waals surface area (Å²) in [6.45, 7) is 5.93. The molecule has 0 aliphatic heterocycles. The Morgan fingerprint density at radius 1 is 1.57 bits per heavy atom. The molecule has 0 unspecified atom stereocenters. The molecule has 0 aromatic rings. The van der Waals surface area contributed by atoms with Gasteiger partial charge in [-0.05, 0) is 25.2 Å². The van der Waals surface area contributed by atoms with Crippen LogP contribution in [0.3, 0.4) is 0 Å². The van der Waals surface area contributed by atoms with Crippen molar-refractivity contribution in [2.45, 2.75) is 45.8 Å². The number of nitrogens with one attached hydrogen (secondary N) is 1. The van der Waals surface area contributed by atoms with E-state index in [0.29, 0.717) is 5.41 Å². The Labute approximate surface area is 85.7 Å². The van der Waals surface area contributed by atoms with Gasteiger partial charge >= 0.3 is 5.97 Å². The van der Waals surface area contributed by atoms with Crippen LogP contribution in [-0.2, 0) is 14.1 Å². The van der Waals surface area contributed by atoms with E-state index in [1.165, 1.54) is 0 Å². The summed E-state index contributed by atoms with van der Waals surface area (Å²) in [5.74, 6) is -0.325. The zero-order chi connectivity index (χ0) is 10.8. The molecule has 0 heterocycles. The molecule has 1 N–H and O–H groups in total. The van der Waals surface area contributed by atoms with Crippen LogP contribution < -0.4 is 5.09 Å². The van der Waals surface area contributed by atoms with E-state index < -0.39 is 6.04 Å². The molecule has 80 valence electrons. The predicted octanol–water partition coefficient (Wildman–Crippen LogP) is 1.90. The molecule has 1 rings (SSSR count). The van der Waals surface area contributed by atoms with Crippen LogP contribution in [-0.4, -0.2) is 18.1 Å². The molecule has 5 heteroatoms. The van der Waals surface area contributed by atoms with E-state index in [1.54, 1.807) is 6.92 Å². The zero-order valence-corrected chi connectivity index (χ0v) is 9.64. The molecule has 14 heavy (non-hydrogen) atoms. The smallest absolute Gasteiger partial charge is 0.323 e. The van der Waals surface area contributed by atoms with Gasteiger partial charge in [-0.15, -0.1) is 0 Å². The second-order valence-corrected chi connectivity index (χ2v) is 5.01. The van der Waals surface area contributed by atoms with Crippen molar-refractivity contribution in [3.63, 3.8) is 0 Å². The summed E-state index contributed by atoms with van der Waals surface area (Å²) in [7, 11) is -0.238. The second kappa shape index (κ2) is 4.37. The van der Waals surface area contributed by atoms with E-state index in [2.05, 4.69) is 18.9 Å². The average Bonchev–Trinajstić information content (AvgIpc) is 2.01. The van der Waals surface area contributed by atoms with Gasteiger partial charge in [-0.1, -0.05) is 13.8 Å². The second-order valence-electron chi connectivity index (χ2n) is 4.57. The van der Waals surface area contributed by atoms with Crippen molar-refractivity contribution in [2.24, 2.45) is 5.41 Å². The topological polar surface area (TPSA) is 55.4 Å². The SMILES string of the molecule is C[C@H](NP=O)C(=O)OC1CC(C)(C)C1. The molecule has 1 aliphatic rings. The molecule has 4 nitrogen and oxygen atoms in total. The third kappa shape index (κ3) is 3.03. The molecule has 0 saturated heterocycles. The summed E-state index contributed by atoms with van der Waals surface area (Å²) in [5.41, 5.74) is 0.304.